The predicted molar refractivity (Wildman–Crippen MR) is 73.8 cm³/mol. The Morgan fingerprint density at radius 1 is 1.00 bits per heavy atom. The first-order valence-electron chi connectivity index (χ1n) is 6.14. The van der Waals surface area contributed by atoms with Crippen molar-refractivity contribution in [3.8, 4) is 5.75 Å². The molecule has 2 nitrogen and oxygen atoms in total. The molecule has 2 heteroatoms. The summed E-state index contributed by atoms with van der Waals surface area (Å²) in [4.78, 5) is 0. The lowest BCUT2D eigenvalue weighted by Gasteiger charge is -2.31. The Balaban J connectivity index is 2.74. The van der Waals surface area contributed by atoms with Crippen LogP contribution in [-0.4, -0.2) is 19.2 Å². The van der Waals surface area contributed by atoms with Crippen molar-refractivity contribution in [1.82, 2.24) is 5.32 Å². The molecule has 0 heterocycles. The smallest absolute Gasteiger partial charge is 0.118 e. The van der Waals surface area contributed by atoms with Crippen LogP contribution in [0.25, 0.3) is 0 Å². The van der Waals surface area contributed by atoms with E-state index >= 15 is 0 Å². The van der Waals surface area contributed by atoms with Gasteiger partial charge in [0, 0.05) is 17.5 Å². The summed E-state index contributed by atoms with van der Waals surface area (Å²) in [6.45, 7) is 12.1. The molecule has 0 radical (unpaired) electrons. The molecule has 0 saturated carbocycles. The summed E-state index contributed by atoms with van der Waals surface area (Å²) in [5.41, 5.74) is 1.61. The maximum absolute atomic E-state index is 5.18. The van der Waals surface area contributed by atoms with Crippen molar-refractivity contribution in [2.24, 2.45) is 0 Å². The van der Waals surface area contributed by atoms with Gasteiger partial charge in [-0.1, -0.05) is 26.0 Å². The van der Waals surface area contributed by atoms with E-state index in [1.165, 1.54) is 5.56 Å². The number of hydrogen-bond acceptors (Lipinski definition) is 2. The molecule has 1 rings (SSSR count). The minimum atomic E-state index is 0.125. The maximum atomic E-state index is 5.18. The van der Waals surface area contributed by atoms with E-state index in [1.807, 2.05) is 12.1 Å². The number of hydrogen-bond donors (Lipinski definition) is 1. The monoisotopic (exact) mass is 235 g/mol. The van der Waals surface area contributed by atoms with Crippen molar-refractivity contribution in [3.63, 3.8) is 0 Å². The number of rotatable bonds is 4. The van der Waals surface area contributed by atoms with Crippen LogP contribution in [-0.2, 0) is 5.41 Å². The second kappa shape index (κ2) is 5.09. The normalized spacial score (nSPS) is 12.6. The fraction of sp³-hybridized carbons (Fsp3) is 0.600. The van der Waals surface area contributed by atoms with Crippen molar-refractivity contribution < 1.29 is 4.74 Å². The zero-order chi connectivity index (χ0) is 13.1. The lowest BCUT2D eigenvalue weighted by atomic mass is 9.84. The van der Waals surface area contributed by atoms with Gasteiger partial charge < -0.3 is 10.1 Å². The van der Waals surface area contributed by atoms with Crippen molar-refractivity contribution in [2.45, 2.75) is 45.6 Å². The molecule has 0 spiro atoms. The van der Waals surface area contributed by atoms with Gasteiger partial charge in [-0.25, -0.2) is 0 Å². The van der Waals surface area contributed by atoms with Gasteiger partial charge >= 0.3 is 0 Å². The molecule has 0 saturated heterocycles. The van der Waals surface area contributed by atoms with Gasteiger partial charge in [-0.05, 0) is 38.5 Å². The van der Waals surface area contributed by atoms with Crippen LogP contribution in [0.5, 0.6) is 5.75 Å². The zero-order valence-electron chi connectivity index (χ0n) is 11.9. The van der Waals surface area contributed by atoms with Gasteiger partial charge in [0.05, 0.1) is 7.11 Å². The minimum Gasteiger partial charge on any atom is -0.497 e. The van der Waals surface area contributed by atoms with Crippen LogP contribution in [0, 0.1) is 0 Å². The first-order valence-corrected chi connectivity index (χ1v) is 6.14. The van der Waals surface area contributed by atoms with E-state index < -0.39 is 0 Å². The molecule has 0 aromatic heterocycles. The third-order valence-corrected chi connectivity index (χ3v) is 2.93. The number of ether oxygens (including phenoxy) is 1. The lowest BCUT2D eigenvalue weighted by molar-refractivity contribution is 0.362. The molecule has 1 aromatic rings. The minimum absolute atomic E-state index is 0.125. The SMILES string of the molecule is COc1ccc(C(C)(C)CNC(C)(C)C)cc1. The fourth-order valence-corrected chi connectivity index (χ4v) is 1.63. The van der Waals surface area contributed by atoms with Gasteiger partial charge in [0.25, 0.3) is 0 Å². The molecular formula is C15H25NO. The Bertz CT molecular complexity index is 346. The molecule has 0 aliphatic heterocycles. The van der Waals surface area contributed by atoms with Crippen LogP contribution >= 0.6 is 0 Å². The first kappa shape index (κ1) is 14.0. The molecule has 1 N–H and O–H groups in total. The molecule has 96 valence electrons. The fourth-order valence-electron chi connectivity index (χ4n) is 1.63. The predicted octanol–water partition coefficient (Wildman–Crippen LogP) is 3.36. The van der Waals surface area contributed by atoms with Crippen LogP contribution in [0.1, 0.15) is 40.2 Å². The van der Waals surface area contributed by atoms with Crippen molar-refractivity contribution in [1.29, 1.82) is 0 Å². The quantitative estimate of drug-likeness (QED) is 0.864. The molecular weight excluding hydrogens is 210 g/mol. The van der Waals surface area contributed by atoms with Crippen LogP contribution in [0.3, 0.4) is 0 Å². The summed E-state index contributed by atoms with van der Waals surface area (Å²) in [7, 11) is 1.70. The summed E-state index contributed by atoms with van der Waals surface area (Å²) in [5, 5.41) is 3.56. The van der Waals surface area contributed by atoms with Crippen molar-refractivity contribution >= 4 is 0 Å². The Labute approximate surface area is 105 Å². The van der Waals surface area contributed by atoms with Gasteiger partial charge in [0.2, 0.25) is 0 Å². The summed E-state index contributed by atoms with van der Waals surface area (Å²) in [5.74, 6) is 0.910. The van der Waals surface area contributed by atoms with Crippen LogP contribution in [0.15, 0.2) is 24.3 Å². The van der Waals surface area contributed by atoms with E-state index in [9.17, 15) is 0 Å². The van der Waals surface area contributed by atoms with Crippen LogP contribution < -0.4 is 10.1 Å². The Morgan fingerprint density at radius 3 is 1.94 bits per heavy atom. The van der Waals surface area contributed by atoms with Crippen molar-refractivity contribution in [2.75, 3.05) is 13.7 Å². The van der Waals surface area contributed by atoms with Crippen LogP contribution in [0.4, 0.5) is 0 Å². The number of methoxy groups -OCH3 is 1. The van der Waals surface area contributed by atoms with Gasteiger partial charge in [-0.15, -0.1) is 0 Å². The summed E-state index contributed by atoms with van der Waals surface area (Å²) < 4.78 is 5.18. The highest BCUT2D eigenvalue weighted by atomic mass is 16.5. The van der Waals surface area contributed by atoms with E-state index in [0.29, 0.717) is 0 Å². The molecule has 0 aliphatic rings. The molecule has 0 amide bonds. The number of nitrogens with one attached hydrogen (secondary N) is 1. The lowest BCUT2D eigenvalue weighted by Crippen LogP contribution is -2.43. The van der Waals surface area contributed by atoms with Gasteiger partial charge in [-0.3, -0.25) is 0 Å². The topological polar surface area (TPSA) is 21.3 Å². The van der Waals surface area contributed by atoms with Crippen molar-refractivity contribution in [3.05, 3.63) is 29.8 Å². The Hall–Kier alpha value is -1.02. The van der Waals surface area contributed by atoms with E-state index in [2.05, 4.69) is 52.1 Å². The largest absolute Gasteiger partial charge is 0.497 e. The second-order valence-electron chi connectivity index (χ2n) is 6.22. The first-order chi connectivity index (χ1) is 7.74. The molecule has 17 heavy (non-hydrogen) atoms. The van der Waals surface area contributed by atoms with Gasteiger partial charge in [0.15, 0.2) is 0 Å². The van der Waals surface area contributed by atoms with Gasteiger partial charge in [0.1, 0.15) is 5.75 Å². The Morgan fingerprint density at radius 2 is 1.53 bits per heavy atom. The maximum Gasteiger partial charge on any atom is 0.118 e. The standard InChI is InChI=1S/C15H25NO/c1-14(2,3)16-11-15(4,5)12-7-9-13(17-6)10-8-12/h7-10,16H,11H2,1-6H3. The average molecular weight is 235 g/mol. The third kappa shape index (κ3) is 4.39. The third-order valence-electron chi connectivity index (χ3n) is 2.93. The highest BCUT2D eigenvalue weighted by Crippen LogP contribution is 2.25. The number of benzene rings is 1. The highest BCUT2D eigenvalue weighted by Gasteiger charge is 2.22. The van der Waals surface area contributed by atoms with E-state index in [-0.39, 0.29) is 11.0 Å². The highest BCUT2D eigenvalue weighted by molar-refractivity contribution is 5.31. The molecule has 0 atom stereocenters. The molecule has 0 bridgehead atoms. The van der Waals surface area contributed by atoms with Gasteiger partial charge in [-0.2, -0.15) is 0 Å². The summed E-state index contributed by atoms with van der Waals surface area (Å²) >= 11 is 0. The average Bonchev–Trinajstić information content (AvgIpc) is 2.26. The van der Waals surface area contributed by atoms with E-state index in [1.54, 1.807) is 7.11 Å². The van der Waals surface area contributed by atoms with Crippen LogP contribution in [0.2, 0.25) is 0 Å². The van der Waals surface area contributed by atoms with E-state index in [4.69, 9.17) is 4.74 Å². The summed E-state index contributed by atoms with van der Waals surface area (Å²) in [6.07, 6.45) is 0. The zero-order valence-corrected chi connectivity index (χ0v) is 11.9. The molecule has 0 fully saturated rings. The second-order valence-corrected chi connectivity index (χ2v) is 6.22. The summed E-state index contributed by atoms with van der Waals surface area (Å²) in [6, 6.07) is 8.33. The van der Waals surface area contributed by atoms with E-state index in [0.717, 1.165) is 12.3 Å². The molecule has 0 aliphatic carbocycles. The Kier molecular flexibility index (Phi) is 4.21. The molecule has 1 aromatic carbocycles. The molecule has 0 unspecified atom stereocenters.